The zero-order chi connectivity index (χ0) is 20.1. The second-order valence-electron chi connectivity index (χ2n) is 6.97. The highest BCUT2D eigenvalue weighted by molar-refractivity contribution is 5.79. The Balaban J connectivity index is 1.58. The molecule has 0 spiro atoms. The van der Waals surface area contributed by atoms with Gasteiger partial charge >= 0.3 is 0 Å². The summed E-state index contributed by atoms with van der Waals surface area (Å²) in [5, 5.41) is 11.2. The van der Waals surface area contributed by atoms with E-state index in [-0.39, 0.29) is 0 Å². The van der Waals surface area contributed by atoms with Crippen molar-refractivity contribution in [3.8, 4) is 0 Å². The van der Waals surface area contributed by atoms with Crippen LogP contribution in [0, 0.1) is 20.8 Å². The third-order valence-electron chi connectivity index (χ3n) is 5.04. The molecule has 0 aliphatic rings. The van der Waals surface area contributed by atoms with Gasteiger partial charge in [0.1, 0.15) is 5.82 Å². The van der Waals surface area contributed by atoms with Crippen LogP contribution in [0.3, 0.4) is 0 Å². The van der Waals surface area contributed by atoms with E-state index in [0.717, 1.165) is 24.0 Å². The molecular formula is C21H29N7. The van der Waals surface area contributed by atoms with Gasteiger partial charge in [0.25, 0.3) is 0 Å². The molecule has 0 fully saturated rings. The summed E-state index contributed by atoms with van der Waals surface area (Å²) in [5.41, 5.74) is 5.90. The molecule has 2 N–H and O–H groups in total. The van der Waals surface area contributed by atoms with Crippen LogP contribution in [-0.2, 0) is 26.7 Å². The Kier molecular flexibility index (Phi) is 6.13. The van der Waals surface area contributed by atoms with E-state index in [2.05, 4.69) is 61.5 Å². The van der Waals surface area contributed by atoms with E-state index < -0.39 is 0 Å². The van der Waals surface area contributed by atoms with Gasteiger partial charge in [-0.3, -0.25) is 9.67 Å². The SMILES string of the molecule is CN=C(NCc1cccc(Cn2ccnc2C)c1)NCc1c(C)nn(C)c1C. The lowest BCUT2D eigenvalue weighted by molar-refractivity contribution is 0.728. The van der Waals surface area contributed by atoms with Gasteiger partial charge in [-0.1, -0.05) is 24.3 Å². The molecule has 7 heteroatoms. The molecule has 3 rings (SSSR count). The quantitative estimate of drug-likeness (QED) is 0.510. The van der Waals surface area contributed by atoms with Crippen LogP contribution < -0.4 is 10.6 Å². The Morgan fingerprint density at radius 2 is 1.86 bits per heavy atom. The minimum atomic E-state index is 0.700. The number of rotatable bonds is 6. The van der Waals surface area contributed by atoms with E-state index in [4.69, 9.17) is 0 Å². The summed E-state index contributed by atoms with van der Waals surface area (Å²) in [4.78, 5) is 8.62. The molecule has 3 aromatic rings. The molecule has 0 saturated carbocycles. The van der Waals surface area contributed by atoms with Gasteiger partial charge < -0.3 is 15.2 Å². The molecule has 0 amide bonds. The highest BCUT2D eigenvalue weighted by atomic mass is 15.3. The first-order chi connectivity index (χ1) is 13.5. The number of guanidine groups is 1. The molecule has 2 aromatic heterocycles. The minimum absolute atomic E-state index is 0.700. The molecule has 0 radical (unpaired) electrons. The van der Waals surface area contributed by atoms with E-state index in [1.54, 1.807) is 7.05 Å². The number of nitrogens with one attached hydrogen (secondary N) is 2. The third kappa shape index (κ3) is 4.60. The molecule has 2 heterocycles. The van der Waals surface area contributed by atoms with E-state index in [9.17, 15) is 0 Å². The standard InChI is InChI=1S/C21H29N7/c1-15-20(16(2)27(5)26-15)13-25-21(22-4)24-12-18-7-6-8-19(11-18)14-28-10-9-23-17(28)3/h6-11H,12-14H2,1-5H3,(H2,22,24,25). The lowest BCUT2D eigenvalue weighted by Gasteiger charge is -2.13. The summed E-state index contributed by atoms with van der Waals surface area (Å²) in [6.07, 6.45) is 3.84. The summed E-state index contributed by atoms with van der Waals surface area (Å²) < 4.78 is 4.06. The number of aryl methyl sites for hydroxylation is 3. The van der Waals surface area contributed by atoms with Gasteiger partial charge in [0.2, 0.25) is 0 Å². The van der Waals surface area contributed by atoms with Gasteiger partial charge in [-0.15, -0.1) is 0 Å². The summed E-state index contributed by atoms with van der Waals surface area (Å²) in [6, 6.07) is 8.58. The molecular weight excluding hydrogens is 350 g/mol. The van der Waals surface area contributed by atoms with Gasteiger partial charge in [-0.05, 0) is 31.9 Å². The number of nitrogens with zero attached hydrogens (tertiary/aromatic N) is 5. The smallest absolute Gasteiger partial charge is 0.191 e. The monoisotopic (exact) mass is 379 g/mol. The summed E-state index contributed by atoms with van der Waals surface area (Å²) in [6.45, 7) is 8.37. The zero-order valence-electron chi connectivity index (χ0n) is 17.3. The van der Waals surface area contributed by atoms with E-state index >= 15 is 0 Å². The molecule has 0 saturated heterocycles. The maximum absolute atomic E-state index is 4.46. The zero-order valence-corrected chi connectivity index (χ0v) is 17.3. The highest BCUT2D eigenvalue weighted by Gasteiger charge is 2.09. The Hall–Kier alpha value is -3.09. The summed E-state index contributed by atoms with van der Waals surface area (Å²) in [5.74, 6) is 1.80. The number of aliphatic imine (C=N–C) groups is 1. The normalized spacial score (nSPS) is 11.7. The van der Waals surface area contributed by atoms with Crippen LogP contribution in [0.25, 0.3) is 0 Å². The maximum atomic E-state index is 4.46. The van der Waals surface area contributed by atoms with Crippen molar-refractivity contribution in [2.45, 2.75) is 40.4 Å². The summed E-state index contributed by atoms with van der Waals surface area (Å²) in [7, 11) is 3.76. The molecule has 0 aliphatic heterocycles. The van der Waals surface area contributed by atoms with Crippen molar-refractivity contribution in [3.05, 3.63) is 70.6 Å². The molecule has 0 atom stereocenters. The molecule has 0 aliphatic carbocycles. The number of hydrogen-bond acceptors (Lipinski definition) is 3. The average molecular weight is 380 g/mol. The van der Waals surface area contributed by atoms with Crippen molar-refractivity contribution in [3.63, 3.8) is 0 Å². The first-order valence-corrected chi connectivity index (χ1v) is 9.47. The van der Waals surface area contributed by atoms with E-state index in [1.165, 1.54) is 22.4 Å². The van der Waals surface area contributed by atoms with Crippen molar-refractivity contribution in [2.75, 3.05) is 7.05 Å². The molecule has 1 aromatic carbocycles. The van der Waals surface area contributed by atoms with Crippen LogP contribution in [0.15, 0.2) is 41.7 Å². The topological polar surface area (TPSA) is 72.1 Å². The van der Waals surface area contributed by atoms with Crippen molar-refractivity contribution >= 4 is 5.96 Å². The van der Waals surface area contributed by atoms with Gasteiger partial charge in [-0.2, -0.15) is 5.10 Å². The van der Waals surface area contributed by atoms with Gasteiger partial charge in [-0.25, -0.2) is 4.98 Å². The van der Waals surface area contributed by atoms with Crippen LogP contribution in [-0.4, -0.2) is 32.3 Å². The minimum Gasteiger partial charge on any atom is -0.352 e. The maximum Gasteiger partial charge on any atom is 0.191 e. The third-order valence-corrected chi connectivity index (χ3v) is 5.04. The fourth-order valence-corrected chi connectivity index (χ4v) is 3.26. The fraction of sp³-hybridized carbons (Fsp3) is 0.381. The van der Waals surface area contributed by atoms with Crippen molar-refractivity contribution in [1.29, 1.82) is 0 Å². The van der Waals surface area contributed by atoms with Crippen LogP contribution in [0.5, 0.6) is 0 Å². The van der Waals surface area contributed by atoms with Crippen LogP contribution in [0.1, 0.15) is 33.9 Å². The van der Waals surface area contributed by atoms with Crippen molar-refractivity contribution in [1.82, 2.24) is 30.0 Å². The number of hydrogen-bond donors (Lipinski definition) is 2. The first kappa shape index (κ1) is 19.7. The van der Waals surface area contributed by atoms with Crippen LogP contribution in [0.2, 0.25) is 0 Å². The number of aromatic nitrogens is 4. The number of imidazole rings is 1. The average Bonchev–Trinajstić information content (AvgIpc) is 3.19. The second kappa shape index (κ2) is 8.73. The molecule has 0 bridgehead atoms. The number of benzene rings is 1. The second-order valence-corrected chi connectivity index (χ2v) is 6.97. The van der Waals surface area contributed by atoms with Gasteiger partial charge in [0.05, 0.1) is 5.69 Å². The fourth-order valence-electron chi connectivity index (χ4n) is 3.26. The first-order valence-electron chi connectivity index (χ1n) is 9.47. The van der Waals surface area contributed by atoms with E-state index in [0.29, 0.717) is 13.1 Å². The lowest BCUT2D eigenvalue weighted by atomic mass is 10.1. The van der Waals surface area contributed by atoms with Gasteiger partial charge in [0.15, 0.2) is 5.96 Å². The van der Waals surface area contributed by atoms with Crippen molar-refractivity contribution < 1.29 is 0 Å². The largest absolute Gasteiger partial charge is 0.352 e. The Morgan fingerprint density at radius 1 is 1.11 bits per heavy atom. The Bertz CT molecular complexity index is 965. The predicted octanol–water partition coefficient (Wildman–Crippen LogP) is 2.46. The van der Waals surface area contributed by atoms with Crippen LogP contribution in [0.4, 0.5) is 0 Å². The van der Waals surface area contributed by atoms with E-state index in [1.807, 2.05) is 38.0 Å². The highest BCUT2D eigenvalue weighted by Crippen LogP contribution is 2.11. The predicted molar refractivity (Wildman–Crippen MR) is 112 cm³/mol. The van der Waals surface area contributed by atoms with Gasteiger partial charge in [0, 0.05) is 57.4 Å². The Labute approximate surface area is 166 Å². The van der Waals surface area contributed by atoms with Crippen molar-refractivity contribution in [2.24, 2.45) is 12.0 Å². The lowest BCUT2D eigenvalue weighted by Crippen LogP contribution is -2.36. The molecule has 28 heavy (non-hydrogen) atoms. The Morgan fingerprint density at radius 3 is 2.50 bits per heavy atom. The molecule has 148 valence electrons. The molecule has 0 unspecified atom stereocenters. The molecule has 7 nitrogen and oxygen atoms in total. The van der Waals surface area contributed by atoms with Crippen LogP contribution >= 0.6 is 0 Å². The summed E-state index contributed by atoms with van der Waals surface area (Å²) >= 11 is 0.